The second-order valence-corrected chi connectivity index (χ2v) is 7.35. The van der Waals surface area contributed by atoms with Crippen LogP contribution in [0, 0.1) is 5.41 Å². The topological polar surface area (TPSA) is 49.7 Å². The lowest BCUT2D eigenvalue weighted by Crippen LogP contribution is -2.36. The second-order valence-electron chi connectivity index (χ2n) is 5.40. The highest BCUT2D eigenvalue weighted by Gasteiger charge is 2.61. The summed E-state index contributed by atoms with van der Waals surface area (Å²) in [6, 6.07) is 0. The molecule has 0 N–H and O–H groups in total. The van der Waals surface area contributed by atoms with Crippen molar-refractivity contribution in [3.63, 3.8) is 0 Å². The van der Waals surface area contributed by atoms with Gasteiger partial charge in [0.1, 0.15) is 6.34 Å². The Labute approximate surface area is 92.4 Å². The van der Waals surface area contributed by atoms with Crippen LogP contribution in [0.3, 0.4) is 0 Å². The van der Waals surface area contributed by atoms with E-state index in [0.717, 1.165) is 12.8 Å². The fourth-order valence-corrected chi connectivity index (χ4v) is 3.67. The Morgan fingerprint density at radius 3 is 2.00 bits per heavy atom. The first-order valence-corrected chi connectivity index (χ1v) is 6.53. The van der Waals surface area contributed by atoms with Crippen LogP contribution in [0.5, 0.6) is 0 Å². The summed E-state index contributed by atoms with van der Waals surface area (Å²) in [5, 5.41) is 0. The van der Waals surface area contributed by atoms with Gasteiger partial charge in [0.2, 0.25) is 0 Å². The van der Waals surface area contributed by atoms with Gasteiger partial charge in [0, 0.05) is 14.1 Å². The molecule has 0 atom stereocenters. The van der Waals surface area contributed by atoms with Gasteiger partial charge in [0.15, 0.2) is 0 Å². The highest BCUT2D eigenvalue weighted by atomic mass is 32.2. The molecule has 0 aromatic carbocycles. The molecule has 0 aromatic rings. The molecule has 5 heteroatoms. The summed E-state index contributed by atoms with van der Waals surface area (Å²) in [6.45, 7) is 5.88. The molecule has 0 aliphatic heterocycles. The maximum absolute atomic E-state index is 12.0. The van der Waals surface area contributed by atoms with Gasteiger partial charge in [-0.2, -0.15) is 4.40 Å². The third-order valence-corrected chi connectivity index (χ3v) is 5.36. The average molecular weight is 232 g/mol. The molecule has 1 aliphatic rings. The van der Waals surface area contributed by atoms with Crippen LogP contribution in [0.1, 0.15) is 33.6 Å². The Bertz CT molecular complexity index is 359. The Balaban J connectivity index is 2.98. The van der Waals surface area contributed by atoms with Gasteiger partial charge in [-0.05, 0) is 18.3 Å². The lowest BCUT2D eigenvalue weighted by molar-refractivity contribution is 0.362. The minimum absolute atomic E-state index is 0.241. The SMILES string of the molecule is CN(C)C=NS(=O)(=O)C1(C(C)(C)C)CC1. The summed E-state index contributed by atoms with van der Waals surface area (Å²) in [7, 11) is 0.146. The van der Waals surface area contributed by atoms with Crippen molar-refractivity contribution in [2.75, 3.05) is 14.1 Å². The standard InChI is InChI=1S/C10H20N2O2S/c1-9(2,3)10(6-7-10)15(13,14)11-8-12(4)5/h8H,6-7H2,1-5H3. The minimum Gasteiger partial charge on any atom is -0.368 e. The molecule has 88 valence electrons. The van der Waals surface area contributed by atoms with Crippen LogP contribution >= 0.6 is 0 Å². The molecule has 0 aromatic heterocycles. The predicted molar refractivity (Wildman–Crippen MR) is 62.5 cm³/mol. The fraction of sp³-hybridized carbons (Fsp3) is 0.900. The van der Waals surface area contributed by atoms with Crippen molar-refractivity contribution in [1.82, 2.24) is 4.90 Å². The van der Waals surface area contributed by atoms with Gasteiger partial charge in [0.25, 0.3) is 10.0 Å². The second kappa shape index (κ2) is 3.47. The molecule has 0 spiro atoms. The van der Waals surface area contributed by atoms with Gasteiger partial charge in [-0.3, -0.25) is 0 Å². The zero-order valence-corrected chi connectivity index (χ0v) is 10.9. The molecule has 0 radical (unpaired) electrons. The highest BCUT2D eigenvalue weighted by Crippen LogP contribution is 2.56. The maximum atomic E-state index is 12.0. The summed E-state index contributed by atoms with van der Waals surface area (Å²) >= 11 is 0. The molecule has 0 saturated heterocycles. The van der Waals surface area contributed by atoms with Crippen molar-refractivity contribution < 1.29 is 8.42 Å². The minimum atomic E-state index is -3.37. The van der Waals surface area contributed by atoms with E-state index in [-0.39, 0.29) is 5.41 Å². The van der Waals surface area contributed by atoms with E-state index >= 15 is 0 Å². The summed E-state index contributed by atoms with van der Waals surface area (Å²) in [4.78, 5) is 1.64. The van der Waals surface area contributed by atoms with Crippen molar-refractivity contribution >= 4 is 16.4 Å². The lowest BCUT2D eigenvalue weighted by Gasteiger charge is -2.28. The largest absolute Gasteiger partial charge is 0.368 e. The van der Waals surface area contributed by atoms with E-state index in [9.17, 15) is 8.42 Å². The van der Waals surface area contributed by atoms with Gasteiger partial charge in [-0.1, -0.05) is 20.8 Å². The van der Waals surface area contributed by atoms with Crippen molar-refractivity contribution in [3.8, 4) is 0 Å². The van der Waals surface area contributed by atoms with E-state index in [0.29, 0.717) is 0 Å². The first kappa shape index (κ1) is 12.5. The van der Waals surface area contributed by atoms with Gasteiger partial charge in [0.05, 0.1) is 4.75 Å². The van der Waals surface area contributed by atoms with Crippen LogP contribution in [-0.2, 0) is 10.0 Å². The molecule has 0 bridgehead atoms. The highest BCUT2D eigenvalue weighted by molar-refractivity contribution is 7.92. The van der Waals surface area contributed by atoms with Crippen molar-refractivity contribution in [2.45, 2.75) is 38.4 Å². The average Bonchev–Trinajstić information content (AvgIpc) is 2.78. The third-order valence-electron chi connectivity index (χ3n) is 2.98. The Morgan fingerprint density at radius 1 is 1.27 bits per heavy atom. The first-order valence-electron chi connectivity index (χ1n) is 5.09. The lowest BCUT2D eigenvalue weighted by atomic mass is 9.90. The van der Waals surface area contributed by atoms with Gasteiger partial charge >= 0.3 is 0 Å². The molecule has 1 saturated carbocycles. The van der Waals surface area contributed by atoms with Gasteiger partial charge in [-0.25, -0.2) is 8.42 Å². The Morgan fingerprint density at radius 2 is 1.73 bits per heavy atom. The normalized spacial score (nSPS) is 20.6. The predicted octanol–water partition coefficient (Wildman–Crippen LogP) is 1.48. The molecule has 0 unspecified atom stereocenters. The smallest absolute Gasteiger partial charge is 0.260 e. The number of nitrogens with zero attached hydrogens (tertiary/aromatic N) is 2. The molecular weight excluding hydrogens is 212 g/mol. The molecule has 1 aliphatic carbocycles. The van der Waals surface area contributed by atoms with E-state index in [2.05, 4.69) is 4.40 Å². The monoisotopic (exact) mass is 232 g/mol. The first-order chi connectivity index (χ1) is 6.62. The molecule has 0 amide bonds. The Hall–Kier alpha value is -0.580. The number of hydrogen-bond acceptors (Lipinski definition) is 2. The zero-order valence-electron chi connectivity index (χ0n) is 10.1. The zero-order chi connectivity index (χ0) is 11.9. The summed E-state index contributed by atoms with van der Waals surface area (Å²) in [5.74, 6) is 0. The molecule has 1 fully saturated rings. The van der Waals surface area contributed by atoms with E-state index < -0.39 is 14.8 Å². The molecule has 15 heavy (non-hydrogen) atoms. The quantitative estimate of drug-likeness (QED) is 0.547. The fourth-order valence-electron chi connectivity index (χ4n) is 1.77. The molecule has 1 rings (SSSR count). The summed E-state index contributed by atoms with van der Waals surface area (Å²) < 4.78 is 27.2. The molecule has 4 nitrogen and oxygen atoms in total. The van der Waals surface area contributed by atoms with E-state index in [1.54, 1.807) is 19.0 Å². The van der Waals surface area contributed by atoms with Crippen LogP contribution in [0.2, 0.25) is 0 Å². The summed E-state index contributed by atoms with van der Waals surface area (Å²) in [5.41, 5.74) is -0.241. The molecular formula is C10H20N2O2S. The van der Waals surface area contributed by atoms with E-state index in [1.807, 2.05) is 20.8 Å². The van der Waals surface area contributed by atoms with Crippen molar-refractivity contribution in [2.24, 2.45) is 9.81 Å². The number of rotatable bonds is 3. The van der Waals surface area contributed by atoms with Gasteiger partial charge < -0.3 is 4.90 Å². The van der Waals surface area contributed by atoms with Crippen LogP contribution in [0.4, 0.5) is 0 Å². The van der Waals surface area contributed by atoms with Gasteiger partial charge in [-0.15, -0.1) is 0 Å². The van der Waals surface area contributed by atoms with Crippen molar-refractivity contribution in [1.29, 1.82) is 0 Å². The van der Waals surface area contributed by atoms with Crippen LogP contribution in [0.25, 0.3) is 0 Å². The summed E-state index contributed by atoms with van der Waals surface area (Å²) in [6.07, 6.45) is 2.81. The van der Waals surface area contributed by atoms with E-state index in [1.165, 1.54) is 6.34 Å². The van der Waals surface area contributed by atoms with E-state index in [4.69, 9.17) is 0 Å². The number of hydrogen-bond donors (Lipinski definition) is 0. The van der Waals surface area contributed by atoms with Crippen molar-refractivity contribution in [3.05, 3.63) is 0 Å². The van der Waals surface area contributed by atoms with Crippen LogP contribution in [-0.4, -0.2) is 38.5 Å². The van der Waals surface area contributed by atoms with Crippen LogP contribution in [0.15, 0.2) is 4.40 Å². The number of sulfonamides is 1. The van der Waals surface area contributed by atoms with Crippen LogP contribution < -0.4 is 0 Å². The molecule has 0 heterocycles. The maximum Gasteiger partial charge on any atom is 0.260 e. The third kappa shape index (κ3) is 2.17. The Kier molecular flexibility index (Phi) is 2.89.